The molecular formula is C14H25NO. The Morgan fingerprint density at radius 2 is 2.31 bits per heavy atom. The Kier molecular flexibility index (Phi) is 3.58. The highest BCUT2D eigenvalue weighted by molar-refractivity contribution is 5.15. The van der Waals surface area contributed by atoms with Crippen LogP contribution >= 0.6 is 0 Å². The second-order valence-corrected chi connectivity index (χ2v) is 5.83. The number of ether oxygens (including phenoxy) is 1. The van der Waals surface area contributed by atoms with Crippen LogP contribution in [-0.4, -0.2) is 19.2 Å². The van der Waals surface area contributed by atoms with Crippen molar-refractivity contribution in [1.29, 1.82) is 0 Å². The number of hydrogen-bond acceptors (Lipinski definition) is 2. The molecule has 1 saturated carbocycles. The van der Waals surface area contributed by atoms with Gasteiger partial charge in [-0.15, -0.1) is 0 Å². The molecule has 2 rings (SSSR count). The third kappa shape index (κ3) is 2.60. The van der Waals surface area contributed by atoms with E-state index in [2.05, 4.69) is 32.2 Å². The fourth-order valence-corrected chi connectivity index (χ4v) is 2.61. The monoisotopic (exact) mass is 223 g/mol. The Morgan fingerprint density at radius 3 is 2.81 bits per heavy atom. The highest BCUT2D eigenvalue weighted by atomic mass is 16.5. The normalized spacial score (nSPS) is 29.2. The lowest BCUT2D eigenvalue weighted by atomic mass is 10.0. The highest BCUT2D eigenvalue weighted by Gasteiger charge is 2.51. The molecular weight excluding hydrogens is 198 g/mol. The van der Waals surface area contributed by atoms with Crippen molar-refractivity contribution in [3.8, 4) is 0 Å². The van der Waals surface area contributed by atoms with Crippen LogP contribution in [-0.2, 0) is 4.74 Å². The van der Waals surface area contributed by atoms with E-state index in [1.54, 1.807) is 0 Å². The van der Waals surface area contributed by atoms with Gasteiger partial charge in [-0.3, -0.25) is 0 Å². The van der Waals surface area contributed by atoms with Crippen LogP contribution in [0, 0.1) is 11.3 Å². The molecule has 0 radical (unpaired) electrons. The first-order chi connectivity index (χ1) is 7.65. The fourth-order valence-electron chi connectivity index (χ4n) is 2.61. The SMILES string of the molecule is CCCNC(C1=CCCCO1)C1CC1(C)C. The quantitative estimate of drug-likeness (QED) is 0.773. The lowest BCUT2D eigenvalue weighted by molar-refractivity contribution is 0.158. The molecule has 1 fully saturated rings. The van der Waals surface area contributed by atoms with E-state index in [1.807, 2.05) is 0 Å². The third-order valence-electron chi connectivity index (χ3n) is 3.88. The van der Waals surface area contributed by atoms with Crippen LogP contribution in [0.15, 0.2) is 11.8 Å². The zero-order valence-corrected chi connectivity index (χ0v) is 10.9. The van der Waals surface area contributed by atoms with E-state index in [0.717, 1.165) is 19.1 Å². The molecule has 0 aromatic rings. The van der Waals surface area contributed by atoms with Crippen molar-refractivity contribution in [2.24, 2.45) is 11.3 Å². The van der Waals surface area contributed by atoms with Crippen molar-refractivity contribution in [2.75, 3.05) is 13.2 Å². The summed E-state index contributed by atoms with van der Waals surface area (Å²) in [5.74, 6) is 1.98. The first-order valence-corrected chi connectivity index (χ1v) is 6.71. The zero-order chi connectivity index (χ0) is 11.6. The topological polar surface area (TPSA) is 21.3 Å². The maximum Gasteiger partial charge on any atom is 0.109 e. The molecule has 2 unspecified atom stereocenters. The number of allylic oxidation sites excluding steroid dienone is 1. The molecule has 1 heterocycles. The van der Waals surface area contributed by atoms with Gasteiger partial charge in [-0.05, 0) is 49.6 Å². The number of nitrogens with one attached hydrogen (secondary N) is 1. The Balaban J connectivity index is 2.00. The van der Waals surface area contributed by atoms with Crippen LogP contribution in [0.5, 0.6) is 0 Å². The van der Waals surface area contributed by atoms with Gasteiger partial charge in [-0.2, -0.15) is 0 Å². The van der Waals surface area contributed by atoms with Crippen LogP contribution in [0.4, 0.5) is 0 Å². The Bertz CT molecular complexity index is 270. The fraction of sp³-hybridized carbons (Fsp3) is 0.857. The van der Waals surface area contributed by atoms with E-state index in [-0.39, 0.29) is 0 Å². The van der Waals surface area contributed by atoms with Crippen molar-refractivity contribution < 1.29 is 4.74 Å². The summed E-state index contributed by atoms with van der Waals surface area (Å²) in [6.45, 7) is 8.95. The lowest BCUT2D eigenvalue weighted by Gasteiger charge is -2.26. The first-order valence-electron chi connectivity index (χ1n) is 6.71. The van der Waals surface area contributed by atoms with Gasteiger partial charge < -0.3 is 10.1 Å². The summed E-state index contributed by atoms with van der Waals surface area (Å²) in [5.41, 5.74) is 0.507. The van der Waals surface area contributed by atoms with Gasteiger partial charge in [0, 0.05) is 0 Å². The number of hydrogen-bond donors (Lipinski definition) is 1. The molecule has 0 bridgehead atoms. The van der Waals surface area contributed by atoms with Crippen molar-refractivity contribution in [3.05, 3.63) is 11.8 Å². The van der Waals surface area contributed by atoms with Gasteiger partial charge in [0.2, 0.25) is 0 Å². The molecule has 1 aliphatic carbocycles. The molecule has 0 aromatic carbocycles. The van der Waals surface area contributed by atoms with Crippen molar-refractivity contribution in [1.82, 2.24) is 5.32 Å². The Hall–Kier alpha value is -0.500. The smallest absolute Gasteiger partial charge is 0.109 e. The van der Waals surface area contributed by atoms with Crippen molar-refractivity contribution in [2.45, 2.75) is 52.5 Å². The standard InChI is InChI=1S/C14H25NO/c1-4-8-15-13(11-10-14(11,2)3)12-7-5-6-9-16-12/h7,11,13,15H,4-6,8-10H2,1-3H3. The summed E-state index contributed by atoms with van der Waals surface area (Å²) >= 11 is 0. The summed E-state index contributed by atoms with van der Waals surface area (Å²) < 4.78 is 5.83. The van der Waals surface area contributed by atoms with E-state index >= 15 is 0 Å². The maximum atomic E-state index is 5.83. The van der Waals surface area contributed by atoms with E-state index in [0.29, 0.717) is 11.5 Å². The minimum Gasteiger partial charge on any atom is -0.497 e. The molecule has 0 spiro atoms. The second-order valence-electron chi connectivity index (χ2n) is 5.83. The summed E-state index contributed by atoms with van der Waals surface area (Å²) in [6.07, 6.45) is 7.18. The molecule has 0 aromatic heterocycles. The zero-order valence-electron chi connectivity index (χ0n) is 10.9. The average Bonchev–Trinajstić information content (AvgIpc) is 2.90. The summed E-state index contributed by atoms with van der Waals surface area (Å²) in [5, 5.41) is 3.66. The molecule has 1 aliphatic heterocycles. The molecule has 2 heteroatoms. The van der Waals surface area contributed by atoms with Gasteiger partial charge in [0.1, 0.15) is 5.76 Å². The van der Waals surface area contributed by atoms with Gasteiger partial charge in [-0.25, -0.2) is 0 Å². The molecule has 0 saturated heterocycles. The van der Waals surface area contributed by atoms with Gasteiger partial charge in [0.05, 0.1) is 12.6 Å². The molecule has 0 amide bonds. The predicted molar refractivity (Wildman–Crippen MR) is 67.2 cm³/mol. The van der Waals surface area contributed by atoms with Crippen LogP contribution < -0.4 is 5.32 Å². The van der Waals surface area contributed by atoms with E-state index in [9.17, 15) is 0 Å². The third-order valence-corrected chi connectivity index (χ3v) is 3.88. The minimum atomic E-state index is 0.468. The van der Waals surface area contributed by atoms with Crippen LogP contribution in [0.1, 0.15) is 46.5 Å². The second kappa shape index (κ2) is 4.79. The summed E-state index contributed by atoms with van der Waals surface area (Å²) in [4.78, 5) is 0. The lowest BCUT2D eigenvalue weighted by Crippen LogP contribution is -2.36. The molecule has 2 atom stereocenters. The molecule has 2 aliphatic rings. The minimum absolute atomic E-state index is 0.468. The highest BCUT2D eigenvalue weighted by Crippen LogP contribution is 2.55. The van der Waals surface area contributed by atoms with Crippen LogP contribution in [0.25, 0.3) is 0 Å². The Labute approximate surface area is 99.4 Å². The van der Waals surface area contributed by atoms with Gasteiger partial charge in [0.25, 0.3) is 0 Å². The van der Waals surface area contributed by atoms with Crippen LogP contribution in [0.3, 0.4) is 0 Å². The molecule has 16 heavy (non-hydrogen) atoms. The molecule has 92 valence electrons. The number of rotatable bonds is 5. The molecule has 1 N–H and O–H groups in total. The van der Waals surface area contributed by atoms with E-state index in [1.165, 1.54) is 31.4 Å². The summed E-state index contributed by atoms with van der Waals surface area (Å²) in [6, 6.07) is 0.468. The summed E-state index contributed by atoms with van der Waals surface area (Å²) in [7, 11) is 0. The van der Waals surface area contributed by atoms with Crippen molar-refractivity contribution in [3.63, 3.8) is 0 Å². The predicted octanol–water partition coefficient (Wildman–Crippen LogP) is 3.10. The van der Waals surface area contributed by atoms with Gasteiger partial charge >= 0.3 is 0 Å². The largest absolute Gasteiger partial charge is 0.497 e. The Morgan fingerprint density at radius 1 is 1.56 bits per heavy atom. The van der Waals surface area contributed by atoms with Crippen molar-refractivity contribution >= 4 is 0 Å². The molecule has 2 nitrogen and oxygen atoms in total. The maximum absolute atomic E-state index is 5.83. The van der Waals surface area contributed by atoms with E-state index in [4.69, 9.17) is 4.74 Å². The van der Waals surface area contributed by atoms with Gasteiger partial charge in [0.15, 0.2) is 0 Å². The first kappa shape index (κ1) is 12.0. The van der Waals surface area contributed by atoms with Gasteiger partial charge in [-0.1, -0.05) is 20.8 Å². The average molecular weight is 223 g/mol. The van der Waals surface area contributed by atoms with E-state index < -0.39 is 0 Å². The van der Waals surface area contributed by atoms with Crippen LogP contribution in [0.2, 0.25) is 0 Å².